The molecule has 3 heterocycles. The van der Waals surface area contributed by atoms with E-state index in [0.717, 1.165) is 50.3 Å². The third-order valence-electron chi connectivity index (χ3n) is 4.89. The number of para-hydroxylation sites is 1. The Labute approximate surface area is 135 Å². The van der Waals surface area contributed by atoms with E-state index in [-0.39, 0.29) is 11.3 Å². The maximum atomic E-state index is 12.3. The van der Waals surface area contributed by atoms with E-state index in [1.807, 2.05) is 29.4 Å². The highest BCUT2D eigenvalue weighted by Crippen LogP contribution is 2.41. The molecule has 1 N–H and O–H groups in total. The third-order valence-corrected chi connectivity index (χ3v) is 4.89. The van der Waals surface area contributed by atoms with E-state index in [0.29, 0.717) is 6.42 Å². The number of amides is 1. The number of fused-ring (bicyclic) bond motifs is 1. The van der Waals surface area contributed by atoms with E-state index < -0.39 is 0 Å². The van der Waals surface area contributed by atoms with E-state index in [1.165, 1.54) is 5.56 Å². The maximum absolute atomic E-state index is 12.3. The quantitative estimate of drug-likeness (QED) is 0.941. The fourth-order valence-electron chi connectivity index (χ4n) is 3.64. The van der Waals surface area contributed by atoms with Gasteiger partial charge < -0.3 is 9.64 Å². The van der Waals surface area contributed by atoms with Crippen LogP contribution in [0.15, 0.2) is 36.7 Å². The molecule has 1 spiro atoms. The summed E-state index contributed by atoms with van der Waals surface area (Å²) >= 11 is 0. The van der Waals surface area contributed by atoms with E-state index in [2.05, 4.69) is 22.3 Å². The van der Waals surface area contributed by atoms with Gasteiger partial charge in [0.1, 0.15) is 5.75 Å². The summed E-state index contributed by atoms with van der Waals surface area (Å²) < 4.78 is 5.89. The number of aromatic amines is 1. The van der Waals surface area contributed by atoms with Crippen molar-refractivity contribution >= 4 is 5.91 Å². The lowest BCUT2D eigenvalue weighted by Gasteiger charge is -2.52. The van der Waals surface area contributed by atoms with Gasteiger partial charge >= 0.3 is 0 Å². The van der Waals surface area contributed by atoms with Gasteiger partial charge in [-0.25, -0.2) is 0 Å². The first-order valence-electron chi connectivity index (χ1n) is 8.20. The van der Waals surface area contributed by atoms with Crippen molar-refractivity contribution < 1.29 is 9.53 Å². The molecule has 5 nitrogen and oxygen atoms in total. The van der Waals surface area contributed by atoms with E-state index in [4.69, 9.17) is 4.74 Å². The minimum Gasteiger partial charge on any atom is -0.493 e. The third kappa shape index (κ3) is 2.83. The number of rotatable bonds is 4. The molecule has 1 fully saturated rings. The summed E-state index contributed by atoms with van der Waals surface area (Å²) in [6.07, 6.45) is 7.11. The molecule has 1 aromatic heterocycles. The SMILES string of the molecule is O=C(CCCc1cn[nH]c1)N1CC2(COc3ccccc3C2)C1. The second-order valence-corrected chi connectivity index (χ2v) is 6.78. The number of aryl methyl sites for hydroxylation is 1. The van der Waals surface area contributed by atoms with Crippen LogP contribution in [-0.2, 0) is 17.6 Å². The highest BCUT2D eigenvalue weighted by Gasteiger charge is 2.47. The van der Waals surface area contributed by atoms with Gasteiger partial charge in [-0.05, 0) is 36.5 Å². The Morgan fingerprint density at radius 3 is 3.04 bits per heavy atom. The molecule has 120 valence electrons. The number of carbonyl (C=O) groups is 1. The average molecular weight is 311 g/mol. The fourth-order valence-corrected chi connectivity index (χ4v) is 3.64. The van der Waals surface area contributed by atoms with Crippen molar-refractivity contribution in [3.63, 3.8) is 0 Å². The summed E-state index contributed by atoms with van der Waals surface area (Å²) in [6.45, 7) is 2.38. The summed E-state index contributed by atoms with van der Waals surface area (Å²) in [5.41, 5.74) is 2.56. The van der Waals surface area contributed by atoms with Crippen LogP contribution in [0.5, 0.6) is 5.75 Å². The molecule has 2 aromatic rings. The lowest BCUT2D eigenvalue weighted by atomic mass is 9.74. The Morgan fingerprint density at radius 2 is 2.22 bits per heavy atom. The fraction of sp³-hybridized carbons (Fsp3) is 0.444. The molecule has 0 radical (unpaired) electrons. The highest BCUT2D eigenvalue weighted by molar-refractivity contribution is 5.77. The molecule has 0 unspecified atom stereocenters. The van der Waals surface area contributed by atoms with E-state index >= 15 is 0 Å². The lowest BCUT2D eigenvalue weighted by Crippen LogP contribution is -2.62. The smallest absolute Gasteiger partial charge is 0.222 e. The van der Waals surface area contributed by atoms with Crippen LogP contribution in [0.25, 0.3) is 0 Å². The standard InChI is InChI=1S/C18H21N3O2/c22-17(7-3-4-14-9-19-20-10-14)21-11-18(12-21)8-15-5-1-2-6-16(15)23-13-18/h1-2,5-6,9-10H,3-4,7-8,11-13H2,(H,19,20). The van der Waals surface area contributed by atoms with Gasteiger partial charge in [0.25, 0.3) is 0 Å². The molecule has 0 saturated carbocycles. The molecule has 0 atom stereocenters. The largest absolute Gasteiger partial charge is 0.493 e. The minimum atomic E-state index is 0.134. The molecule has 2 aliphatic heterocycles. The van der Waals surface area contributed by atoms with Gasteiger partial charge in [-0.1, -0.05) is 18.2 Å². The van der Waals surface area contributed by atoms with Crippen molar-refractivity contribution in [2.45, 2.75) is 25.7 Å². The number of hydrogen-bond donors (Lipinski definition) is 1. The minimum absolute atomic E-state index is 0.134. The normalized spacial score (nSPS) is 18.2. The molecule has 4 rings (SSSR count). The van der Waals surface area contributed by atoms with Gasteiger partial charge in [-0.3, -0.25) is 9.89 Å². The lowest BCUT2D eigenvalue weighted by molar-refractivity contribution is -0.146. The van der Waals surface area contributed by atoms with Crippen LogP contribution in [0, 0.1) is 5.41 Å². The molecular formula is C18H21N3O2. The monoisotopic (exact) mass is 311 g/mol. The van der Waals surface area contributed by atoms with Crippen LogP contribution in [0.3, 0.4) is 0 Å². The maximum Gasteiger partial charge on any atom is 0.222 e. The van der Waals surface area contributed by atoms with Crippen molar-refractivity contribution in [1.29, 1.82) is 0 Å². The number of hydrogen-bond acceptors (Lipinski definition) is 3. The van der Waals surface area contributed by atoms with Gasteiger partial charge in [0.05, 0.1) is 12.8 Å². The van der Waals surface area contributed by atoms with Crippen LogP contribution >= 0.6 is 0 Å². The molecule has 2 aliphatic rings. The number of ether oxygens (including phenoxy) is 1. The molecule has 1 aromatic carbocycles. The van der Waals surface area contributed by atoms with Gasteiger partial charge in [-0.15, -0.1) is 0 Å². The first kappa shape index (κ1) is 14.3. The average Bonchev–Trinajstić information content (AvgIpc) is 3.05. The van der Waals surface area contributed by atoms with Crippen LogP contribution < -0.4 is 4.74 Å². The van der Waals surface area contributed by atoms with E-state index in [1.54, 1.807) is 0 Å². The van der Waals surface area contributed by atoms with Crippen molar-refractivity contribution in [2.75, 3.05) is 19.7 Å². The Morgan fingerprint density at radius 1 is 1.35 bits per heavy atom. The molecule has 23 heavy (non-hydrogen) atoms. The molecule has 0 bridgehead atoms. The zero-order chi connectivity index (χ0) is 15.7. The Bertz CT molecular complexity index is 690. The Hall–Kier alpha value is -2.30. The summed E-state index contributed by atoms with van der Waals surface area (Å²) in [5, 5.41) is 6.72. The molecular weight excluding hydrogens is 290 g/mol. The number of likely N-dealkylation sites (tertiary alicyclic amines) is 1. The molecule has 0 aliphatic carbocycles. The summed E-state index contributed by atoms with van der Waals surface area (Å²) in [5.74, 6) is 1.26. The predicted molar refractivity (Wildman–Crippen MR) is 86.2 cm³/mol. The van der Waals surface area contributed by atoms with Crippen LogP contribution in [0.4, 0.5) is 0 Å². The second kappa shape index (κ2) is 5.72. The van der Waals surface area contributed by atoms with Crippen molar-refractivity contribution in [3.05, 3.63) is 47.8 Å². The van der Waals surface area contributed by atoms with Gasteiger partial charge in [0, 0.05) is 31.1 Å². The van der Waals surface area contributed by atoms with Crippen molar-refractivity contribution in [1.82, 2.24) is 15.1 Å². The number of nitrogens with one attached hydrogen (secondary N) is 1. The summed E-state index contributed by atoms with van der Waals surface area (Å²) in [7, 11) is 0. The number of H-pyrrole nitrogens is 1. The number of aromatic nitrogens is 2. The van der Waals surface area contributed by atoms with Gasteiger partial charge in [0.2, 0.25) is 5.91 Å². The highest BCUT2D eigenvalue weighted by atomic mass is 16.5. The first-order valence-corrected chi connectivity index (χ1v) is 8.20. The Balaban J connectivity index is 1.27. The topological polar surface area (TPSA) is 58.2 Å². The van der Waals surface area contributed by atoms with Gasteiger partial charge in [0.15, 0.2) is 0 Å². The number of nitrogens with zero attached hydrogens (tertiary/aromatic N) is 2. The zero-order valence-corrected chi connectivity index (χ0v) is 13.1. The zero-order valence-electron chi connectivity index (χ0n) is 13.1. The van der Waals surface area contributed by atoms with Crippen LogP contribution in [0.1, 0.15) is 24.0 Å². The van der Waals surface area contributed by atoms with Crippen molar-refractivity contribution in [2.24, 2.45) is 5.41 Å². The van der Waals surface area contributed by atoms with Gasteiger partial charge in [-0.2, -0.15) is 5.10 Å². The molecule has 1 amide bonds. The van der Waals surface area contributed by atoms with Crippen LogP contribution in [-0.4, -0.2) is 40.7 Å². The molecule has 1 saturated heterocycles. The predicted octanol–water partition coefficient (Wildman–Crippen LogP) is 2.20. The van der Waals surface area contributed by atoms with E-state index in [9.17, 15) is 4.79 Å². The number of carbonyl (C=O) groups excluding carboxylic acids is 1. The second-order valence-electron chi connectivity index (χ2n) is 6.78. The first-order chi connectivity index (χ1) is 11.2. The van der Waals surface area contributed by atoms with Crippen LogP contribution in [0.2, 0.25) is 0 Å². The Kier molecular flexibility index (Phi) is 3.56. The summed E-state index contributed by atoms with van der Waals surface area (Å²) in [6, 6.07) is 8.22. The number of benzene rings is 1. The molecule has 5 heteroatoms. The summed E-state index contributed by atoms with van der Waals surface area (Å²) in [4.78, 5) is 14.3. The van der Waals surface area contributed by atoms with Crippen molar-refractivity contribution in [3.8, 4) is 5.75 Å².